The average Bonchev–Trinajstić information content (AvgIpc) is 3.38. The van der Waals surface area contributed by atoms with Crippen LogP contribution in [0.5, 0.6) is 0 Å². The number of nitrogens with zero attached hydrogens (tertiary/aromatic N) is 2. The topological polar surface area (TPSA) is 40.6 Å². The lowest BCUT2D eigenvalue weighted by Gasteiger charge is -2.34. The van der Waals surface area contributed by atoms with Crippen LogP contribution in [0.25, 0.3) is 6.08 Å². The number of hydrogen-bond donors (Lipinski definition) is 0. The zero-order valence-corrected chi connectivity index (χ0v) is 13.0. The van der Waals surface area contributed by atoms with E-state index in [0.29, 0.717) is 26.2 Å². The second kappa shape index (κ2) is 6.34. The van der Waals surface area contributed by atoms with Crippen molar-refractivity contribution in [2.45, 2.75) is 19.8 Å². The lowest BCUT2D eigenvalue weighted by molar-refractivity contribution is -0.138. The summed E-state index contributed by atoms with van der Waals surface area (Å²) in [5.74, 6) is 0.576. The highest BCUT2D eigenvalue weighted by atomic mass is 16.2. The first-order valence-corrected chi connectivity index (χ1v) is 7.96. The molecule has 1 heterocycles. The van der Waals surface area contributed by atoms with Crippen LogP contribution in [-0.2, 0) is 9.59 Å². The molecule has 1 aliphatic heterocycles. The molecule has 1 aliphatic carbocycles. The van der Waals surface area contributed by atoms with Gasteiger partial charge in [0.1, 0.15) is 0 Å². The molecule has 1 aromatic rings. The lowest BCUT2D eigenvalue weighted by Crippen LogP contribution is -2.50. The molecule has 0 bridgehead atoms. The molecule has 0 atom stereocenters. The van der Waals surface area contributed by atoms with E-state index in [1.807, 2.05) is 47.1 Å². The van der Waals surface area contributed by atoms with E-state index in [0.717, 1.165) is 24.0 Å². The first kappa shape index (κ1) is 14.8. The van der Waals surface area contributed by atoms with Gasteiger partial charge in [0.15, 0.2) is 0 Å². The van der Waals surface area contributed by atoms with Crippen LogP contribution >= 0.6 is 0 Å². The molecule has 22 heavy (non-hydrogen) atoms. The van der Waals surface area contributed by atoms with Gasteiger partial charge in [-0.1, -0.05) is 24.3 Å². The van der Waals surface area contributed by atoms with Crippen molar-refractivity contribution < 1.29 is 9.59 Å². The van der Waals surface area contributed by atoms with Crippen molar-refractivity contribution >= 4 is 17.9 Å². The normalized spacial score (nSPS) is 18.8. The highest BCUT2D eigenvalue weighted by molar-refractivity contribution is 5.92. The maximum atomic E-state index is 12.2. The van der Waals surface area contributed by atoms with E-state index in [1.54, 1.807) is 6.08 Å². The molecule has 1 saturated heterocycles. The summed E-state index contributed by atoms with van der Waals surface area (Å²) in [6.45, 7) is 4.63. The summed E-state index contributed by atoms with van der Waals surface area (Å²) >= 11 is 0. The maximum Gasteiger partial charge on any atom is 0.246 e. The van der Waals surface area contributed by atoms with E-state index in [9.17, 15) is 9.59 Å². The Labute approximate surface area is 131 Å². The molecule has 0 unspecified atom stereocenters. The van der Waals surface area contributed by atoms with E-state index < -0.39 is 0 Å². The fourth-order valence-electron chi connectivity index (χ4n) is 2.78. The standard InChI is InChI=1S/C18H22N2O2/c1-14-4-2-3-5-15(14)8-9-17(21)19-10-12-20(13-11-19)18(22)16-6-7-16/h2-5,8-9,16H,6-7,10-13H2,1H3/b9-8+. The number of rotatable bonds is 3. The van der Waals surface area contributed by atoms with Gasteiger partial charge in [0.05, 0.1) is 0 Å². The molecule has 4 heteroatoms. The van der Waals surface area contributed by atoms with Gasteiger partial charge < -0.3 is 9.80 Å². The summed E-state index contributed by atoms with van der Waals surface area (Å²) in [4.78, 5) is 28.0. The highest BCUT2D eigenvalue weighted by Gasteiger charge is 2.34. The van der Waals surface area contributed by atoms with Crippen molar-refractivity contribution in [3.05, 3.63) is 41.5 Å². The Morgan fingerprint density at radius 1 is 1.05 bits per heavy atom. The van der Waals surface area contributed by atoms with E-state index in [4.69, 9.17) is 0 Å². The molecule has 4 nitrogen and oxygen atoms in total. The zero-order valence-electron chi connectivity index (χ0n) is 13.0. The summed E-state index contributed by atoms with van der Waals surface area (Å²) in [7, 11) is 0. The van der Waals surface area contributed by atoms with Crippen molar-refractivity contribution in [1.29, 1.82) is 0 Å². The second-order valence-corrected chi connectivity index (χ2v) is 6.11. The third kappa shape index (κ3) is 3.38. The number of carbonyl (C=O) groups excluding carboxylic acids is 2. The highest BCUT2D eigenvalue weighted by Crippen LogP contribution is 2.31. The number of benzene rings is 1. The minimum atomic E-state index is 0.0294. The smallest absolute Gasteiger partial charge is 0.246 e. The fourth-order valence-corrected chi connectivity index (χ4v) is 2.78. The average molecular weight is 298 g/mol. The Bertz CT molecular complexity index is 597. The Balaban J connectivity index is 1.53. The molecule has 0 radical (unpaired) electrons. The van der Waals surface area contributed by atoms with Crippen LogP contribution in [0.4, 0.5) is 0 Å². The van der Waals surface area contributed by atoms with Crippen LogP contribution in [0.2, 0.25) is 0 Å². The number of aryl methyl sites for hydroxylation is 1. The minimum Gasteiger partial charge on any atom is -0.339 e. The van der Waals surface area contributed by atoms with Crippen LogP contribution in [0, 0.1) is 12.8 Å². The van der Waals surface area contributed by atoms with Crippen LogP contribution < -0.4 is 0 Å². The number of carbonyl (C=O) groups is 2. The molecule has 3 rings (SSSR count). The molecule has 1 saturated carbocycles. The van der Waals surface area contributed by atoms with E-state index in [2.05, 4.69) is 0 Å². The van der Waals surface area contributed by atoms with Crippen molar-refractivity contribution in [2.24, 2.45) is 5.92 Å². The number of amides is 2. The van der Waals surface area contributed by atoms with Crippen LogP contribution in [-0.4, -0.2) is 47.8 Å². The van der Waals surface area contributed by atoms with E-state index in [1.165, 1.54) is 0 Å². The van der Waals surface area contributed by atoms with Gasteiger partial charge in [-0.3, -0.25) is 9.59 Å². The van der Waals surface area contributed by atoms with Crippen molar-refractivity contribution in [3.8, 4) is 0 Å². The van der Waals surface area contributed by atoms with Crippen LogP contribution in [0.3, 0.4) is 0 Å². The van der Waals surface area contributed by atoms with Gasteiger partial charge in [0.25, 0.3) is 0 Å². The Hall–Kier alpha value is -2.10. The van der Waals surface area contributed by atoms with Crippen molar-refractivity contribution in [3.63, 3.8) is 0 Å². The molecular formula is C18H22N2O2. The second-order valence-electron chi connectivity index (χ2n) is 6.11. The predicted molar refractivity (Wildman–Crippen MR) is 86.1 cm³/mol. The Morgan fingerprint density at radius 3 is 2.32 bits per heavy atom. The molecular weight excluding hydrogens is 276 g/mol. The molecule has 2 aliphatic rings. The third-order valence-electron chi connectivity index (χ3n) is 4.42. The van der Waals surface area contributed by atoms with Gasteiger partial charge in [-0.25, -0.2) is 0 Å². The maximum absolute atomic E-state index is 12.2. The summed E-state index contributed by atoms with van der Waals surface area (Å²) in [6.07, 6.45) is 5.59. The van der Waals surface area contributed by atoms with Gasteiger partial charge in [-0.05, 0) is 37.0 Å². The monoisotopic (exact) mass is 298 g/mol. The number of piperazine rings is 1. The quantitative estimate of drug-likeness (QED) is 0.802. The van der Waals surface area contributed by atoms with Crippen LogP contribution in [0.15, 0.2) is 30.3 Å². The van der Waals surface area contributed by atoms with Gasteiger partial charge in [-0.15, -0.1) is 0 Å². The van der Waals surface area contributed by atoms with Gasteiger partial charge in [-0.2, -0.15) is 0 Å². The molecule has 0 aromatic heterocycles. The fraction of sp³-hybridized carbons (Fsp3) is 0.444. The summed E-state index contributed by atoms with van der Waals surface area (Å²) in [5, 5.41) is 0. The summed E-state index contributed by atoms with van der Waals surface area (Å²) < 4.78 is 0. The molecule has 1 aromatic carbocycles. The zero-order chi connectivity index (χ0) is 15.5. The van der Waals surface area contributed by atoms with Crippen LogP contribution in [0.1, 0.15) is 24.0 Å². The van der Waals surface area contributed by atoms with E-state index in [-0.39, 0.29) is 17.7 Å². The molecule has 116 valence electrons. The van der Waals surface area contributed by atoms with Gasteiger partial charge in [0, 0.05) is 38.2 Å². The largest absolute Gasteiger partial charge is 0.339 e. The summed E-state index contributed by atoms with van der Waals surface area (Å²) in [6, 6.07) is 8.00. The van der Waals surface area contributed by atoms with Gasteiger partial charge in [0.2, 0.25) is 11.8 Å². The van der Waals surface area contributed by atoms with Crippen molar-refractivity contribution in [2.75, 3.05) is 26.2 Å². The van der Waals surface area contributed by atoms with E-state index >= 15 is 0 Å². The SMILES string of the molecule is Cc1ccccc1/C=C/C(=O)N1CCN(C(=O)C2CC2)CC1. The Morgan fingerprint density at radius 2 is 1.68 bits per heavy atom. The molecule has 2 fully saturated rings. The first-order valence-electron chi connectivity index (χ1n) is 7.96. The molecule has 0 spiro atoms. The summed E-state index contributed by atoms with van der Waals surface area (Å²) in [5.41, 5.74) is 2.23. The van der Waals surface area contributed by atoms with Gasteiger partial charge >= 0.3 is 0 Å². The predicted octanol–water partition coefficient (Wildman–Crippen LogP) is 2.09. The number of hydrogen-bond acceptors (Lipinski definition) is 2. The Kier molecular flexibility index (Phi) is 4.27. The van der Waals surface area contributed by atoms with Crippen molar-refractivity contribution in [1.82, 2.24) is 9.80 Å². The minimum absolute atomic E-state index is 0.0294. The third-order valence-corrected chi connectivity index (χ3v) is 4.42. The first-order chi connectivity index (χ1) is 10.6. The molecule has 2 amide bonds. The molecule has 0 N–H and O–H groups in total. The lowest BCUT2D eigenvalue weighted by atomic mass is 10.1.